The molecule has 7 nitrogen and oxygen atoms in total. The fourth-order valence-corrected chi connectivity index (χ4v) is 2.70. The van der Waals surface area contributed by atoms with E-state index in [0.717, 1.165) is 0 Å². The summed E-state index contributed by atoms with van der Waals surface area (Å²) < 4.78 is 11.6. The quantitative estimate of drug-likeness (QED) is 0.873. The highest BCUT2D eigenvalue weighted by Gasteiger charge is 2.23. The second-order valence-corrected chi connectivity index (χ2v) is 5.63. The molecule has 1 amide bonds. The monoisotopic (exact) mass is 384 g/mol. The van der Waals surface area contributed by atoms with E-state index < -0.39 is 0 Å². The molecule has 0 unspecified atom stereocenters. The first-order chi connectivity index (χ1) is 12.2. The summed E-state index contributed by atoms with van der Waals surface area (Å²) in [5.41, 5.74) is 0.614. The summed E-state index contributed by atoms with van der Waals surface area (Å²) in [6.45, 7) is 2.59. The van der Waals surface area contributed by atoms with Gasteiger partial charge in [0.1, 0.15) is 0 Å². The molecule has 1 aliphatic heterocycles. The molecule has 1 fully saturated rings. The Morgan fingerprint density at radius 3 is 2.56 bits per heavy atom. The van der Waals surface area contributed by atoms with Crippen LogP contribution in [0.15, 0.2) is 36.5 Å². The van der Waals surface area contributed by atoms with Crippen molar-refractivity contribution in [1.29, 1.82) is 0 Å². The molecule has 25 heavy (non-hydrogen) atoms. The van der Waals surface area contributed by atoms with Gasteiger partial charge in [0.15, 0.2) is 0 Å². The number of rotatable bonds is 3. The van der Waals surface area contributed by atoms with E-state index in [-0.39, 0.29) is 5.91 Å². The molecule has 1 saturated heterocycles. The lowest BCUT2D eigenvalue weighted by Crippen LogP contribution is -2.49. The number of halogens is 2. The van der Waals surface area contributed by atoms with E-state index >= 15 is 0 Å². The number of carbonyl (C=O) groups is 1. The largest absolute Gasteiger partial charge is 0.481 e. The molecule has 0 spiro atoms. The molecule has 0 radical (unpaired) electrons. The Labute approximate surface area is 155 Å². The first-order valence-electron chi connectivity index (χ1n) is 7.51. The predicted octanol–water partition coefficient (Wildman–Crippen LogP) is 2.23. The number of hydrogen-bond acceptors (Lipinski definition) is 6. The standard InChI is InChI=1S/C16H17ClN4O2.ClHO/c1-23-14-5-6-18-16(19-14)21-9-7-20(8-10-21)15(22)12-3-2-4-13(17)11-12;1-2/h2-6,11H,7-10H2,1H3;2H. The Bertz CT molecular complexity index is 709. The van der Waals surface area contributed by atoms with Crippen molar-refractivity contribution in [3.8, 4) is 5.88 Å². The SMILES string of the molecule is COc1ccnc(N2CCN(C(=O)c3cccc(Cl)c3)CC2)n1.OCl. The zero-order valence-corrected chi connectivity index (χ0v) is 15.1. The van der Waals surface area contributed by atoms with E-state index in [1.54, 1.807) is 43.6 Å². The Kier molecular flexibility index (Phi) is 7.24. The van der Waals surface area contributed by atoms with Gasteiger partial charge < -0.3 is 14.5 Å². The molecular formula is C16H18Cl2N4O3. The van der Waals surface area contributed by atoms with Gasteiger partial charge in [-0.25, -0.2) is 4.98 Å². The van der Waals surface area contributed by atoms with Gasteiger partial charge in [-0.05, 0) is 18.2 Å². The molecule has 0 atom stereocenters. The van der Waals surface area contributed by atoms with Crippen LogP contribution < -0.4 is 9.64 Å². The van der Waals surface area contributed by atoms with Crippen LogP contribution in [0.1, 0.15) is 10.4 Å². The highest BCUT2D eigenvalue weighted by molar-refractivity contribution is 6.30. The molecule has 0 bridgehead atoms. The van der Waals surface area contributed by atoms with Crippen LogP contribution in [0, 0.1) is 0 Å². The fraction of sp³-hybridized carbons (Fsp3) is 0.312. The van der Waals surface area contributed by atoms with Crippen LogP contribution in [0.2, 0.25) is 5.02 Å². The molecule has 0 aliphatic carbocycles. The van der Waals surface area contributed by atoms with E-state index in [1.165, 1.54) is 0 Å². The van der Waals surface area contributed by atoms with Crippen molar-refractivity contribution >= 4 is 35.3 Å². The van der Waals surface area contributed by atoms with Gasteiger partial charge in [-0.15, -0.1) is 0 Å². The first kappa shape index (κ1) is 19.2. The number of ether oxygens (including phenoxy) is 1. The van der Waals surface area contributed by atoms with Crippen molar-refractivity contribution < 1.29 is 14.2 Å². The fourth-order valence-electron chi connectivity index (χ4n) is 2.51. The maximum atomic E-state index is 12.5. The molecule has 1 aromatic carbocycles. The minimum Gasteiger partial charge on any atom is -0.481 e. The average Bonchev–Trinajstić information content (AvgIpc) is 2.69. The number of hydrogen-bond donors (Lipinski definition) is 1. The van der Waals surface area contributed by atoms with Gasteiger partial charge in [-0.3, -0.25) is 9.45 Å². The molecule has 0 saturated carbocycles. The van der Waals surface area contributed by atoms with Crippen molar-refractivity contribution in [2.45, 2.75) is 0 Å². The van der Waals surface area contributed by atoms with E-state index in [2.05, 4.69) is 21.8 Å². The van der Waals surface area contributed by atoms with Crippen LogP contribution in [-0.2, 0) is 0 Å². The molecule has 9 heteroatoms. The molecule has 134 valence electrons. The summed E-state index contributed by atoms with van der Waals surface area (Å²) in [4.78, 5) is 25.0. The third-order valence-corrected chi connectivity index (χ3v) is 3.98. The topological polar surface area (TPSA) is 78.8 Å². The number of amides is 1. The summed E-state index contributed by atoms with van der Waals surface area (Å²) in [5.74, 6) is 1.16. The number of anilines is 1. The summed E-state index contributed by atoms with van der Waals surface area (Å²) in [6.07, 6.45) is 1.67. The number of methoxy groups -OCH3 is 1. The van der Waals surface area contributed by atoms with Gasteiger partial charge in [-0.2, -0.15) is 4.98 Å². The summed E-state index contributed by atoms with van der Waals surface area (Å²) in [7, 11) is 1.58. The van der Waals surface area contributed by atoms with Gasteiger partial charge in [0.25, 0.3) is 5.91 Å². The number of aromatic nitrogens is 2. The Balaban J connectivity index is 0.00000109. The van der Waals surface area contributed by atoms with Crippen molar-refractivity contribution in [2.24, 2.45) is 0 Å². The van der Waals surface area contributed by atoms with Crippen LogP contribution >= 0.6 is 23.5 Å². The number of piperazine rings is 1. The van der Waals surface area contributed by atoms with E-state index in [9.17, 15) is 4.79 Å². The van der Waals surface area contributed by atoms with Gasteiger partial charge in [0.05, 0.1) is 19.0 Å². The smallest absolute Gasteiger partial charge is 0.254 e. The lowest BCUT2D eigenvalue weighted by Gasteiger charge is -2.34. The van der Waals surface area contributed by atoms with Crippen molar-refractivity contribution in [3.63, 3.8) is 0 Å². The van der Waals surface area contributed by atoms with E-state index in [4.69, 9.17) is 21.0 Å². The lowest BCUT2D eigenvalue weighted by atomic mass is 10.2. The normalized spacial score (nSPS) is 13.8. The molecule has 3 rings (SSSR count). The van der Waals surface area contributed by atoms with E-state index in [1.807, 2.05) is 9.80 Å². The highest BCUT2D eigenvalue weighted by Crippen LogP contribution is 2.17. The third-order valence-electron chi connectivity index (χ3n) is 3.75. The maximum Gasteiger partial charge on any atom is 0.254 e. The molecule has 2 aromatic rings. The van der Waals surface area contributed by atoms with Crippen molar-refractivity contribution in [2.75, 3.05) is 38.2 Å². The molecule has 1 aromatic heterocycles. The number of carbonyl (C=O) groups excluding carboxylic acids is 1. The van der Waals surface area contributed by atoms with Gasteiger partial charge in [0, 0.05) is 49.0 Å². The van der Waals surface area contributed by atoms with Crippen molar-refractivity contribution in [3.05, 3.63) is 47.1 Å². The minimum absolute atomic E-state index is 0.00119. The van der Waals surface area contributed by atoms with Crippen LogP contribution in [0.5, 0.6) is 5.88 Å². The van der Waals surface area contributed by atoms with Crippen LogP contribution in [0.3, 0.4) is 0 Å². The Morgan fingerprint density at radius 1 is 1.20 bits per heavy atom. The first-order valence-corrected chi connectivity index (χ1v) is 8.23. The van der Waals surface area contributed by atoms with E-state index in [0.29, 0.717) is 48.6 Å². The molecule has 2 heterocycles. The highest BCUT2D eigenvalue weighted by atomic mass is 35.5. The zero-order valence-electron chi connectivity index (χ0n) is 13.6. The second kappa shape index (κ2) is 9.41. The Hall–Kier alpha value is -2.09. The summed E-state index contributed by atoms with van der Waals surface area (Å²) in [5, 5.41) is 0.569. The van der Waals surface area contributed by atoms with Crippen LogP contribution in [0.4, 0.5) is 5.95 Å². The van der Waals surface area contributed by atoms with Gasteiger partial charge >= 0.3 is 0 Å². The van der Waals surface area contributed by atoms with Crippen LogP contribution in [0.25, 0.3) is 0 Å². The lowest BCUT2D eigenvalue weighted by molar-refractivity contribution is 0.0746. The minimum atomic E-state index is -0.00119. The number of benzene rings is 1. The Morgan fingerprint density at radius 2 is 1.92 bits per heavy atom. The third kappa shape index (κ3) is 4.94. The van der Waals surface area contributed by atoms with Gasteiger partial charge in [-0.1, -0.05) is 17.7 Å². The predicted molar refractivity (Wildman–Crippen MR) is 96.2 cm³/mol. The molecule has 1 aliphatic rings. The number of nitrogens with zero attached hydrogens (tertiary/aromatic N) is 4. The van der Waals surface area contributed by atoms with Crippen molar-refractivity contribution in [1.82, 2.24) is 14.9 Å². The summed E-state index contributed by atoms with van der Waals surface area (Å²) in [6, 6.07) is 8.74. The maximum absolute atomic E-state index is 12.5. The summed E-state index contributed by atoms with van der Waals surface area (Å²) >= 11 is 9.59. The van der Waals surface area contributed by atoms with Gasteiger partial charge in [0.2, 0.25) is 11.8 Å². The molecular weight excluding hydrogens is 367 g/mol. The molecule has 1 N–H and O–H groups in total. The average molecular weight is 385 g/mol. The zero-order chi connectivity index (χ0) is 18.2. The second-order valence-electron chi connectivity index (χ2n) is 5.19. The van der Waals surface area contributed by atoms with Crippen LogP contribution in [-0.4, -0.2) is 58.7 Å².